The van der Waals surface area contributed by atoms with E-state index in [0.29, 0.717) is 0 Å². The molecule has 2 atom stereocenters. The predicted octanol–water partition coefficient (Wildman–Crippen LogP) is 8.90. The van der Waals surface area contributed by atoms with Crippen molar-refractivity contribution in [3.05, 3.63) is 168 Å². The lowest BCUT2D eigenvalue weighted by atomic mass is 9.92. The van der Waals surface area contributed by atoms with Crippen LogP contribution in [0.3, 0.4) is 0 Å². The van der Waals surface area contributed by atoms with Gasteiger partial charge in [0.15, 0.2) is 0 Å². The van der Waals surface area contributed by atoms with Crippen LogP contribution in [0.2, 0.25) is 0 Å². The second-order valence-electron chi connectivity index (χ2n) is 11.9. The molecule has 3 nitrogen and oxygen atoms in total. The van der Waals surface area contributed by atoms with Crippen molar-refractivity contribution in [1.29, 1.82) is 0 Å². The van der Waals surface area contributed by atoms with Gasteiger partial charge in [-0.1, -0.05) is 110 Å². The third-order valence-electron chi connectivity index (χ3n) is 9.40. The van der Waals surface area contributed by atoms with E-state index < -0.39 is 0 Å². The summed E-state index contributed by atoms with van der Waals surface area (Å²) in [6, 6.07) is 42.9. The Bertz CT molecular complexity index is 2490. The average Bonchev–Trinajstić information content (AvgIpc) is 3.72. The third-order valence-corrected chi connectivity index (χ3v) is 9.40. The highest BCUT2D eigenvalue weighted by atomic mass is 16.3. The van der Waals surface area contributed by atoms with Crippen molar-refractivity contribution in [3.8, 4) is 16.8 Å². The molecule has 0 N–H and O–H groups in total. The number of benzene rings is 5. The first kappa shape index (κ1) is 25.7. The fourth-order valence-electron chi connectivity index (χ4n) is 7.34. The van der Waals surface area contributed by atoms with Gasteiger partial charge in [0.25, 0.3) is 0 Å². The minimum absolute atomic E-state index is 0.147. The molecule has 5 aromatic carbocycles. The van der Waals surface area contributed by atoms with E-state index in [1.54, 1.807) is 0 Å². The molecular weight excluding hydrogens is 548 g/mol. The van der Waals surface area contributed by atoms with Crippen molar-refractivity contribution in [1.82, 2.24) is 4.57 Å². The van der Waals surface area contributed by atoms with E-state index in [-0.39, 0.29) is 12.0 Å². The lowest BCUT2D eigenvalue weighted by molar-refractivity contribution is 0.669. The van der Waals surface area contributed by atoms with Gasteiger partial charge < -0.3 is 13.9 Å². The van der Waals surface area contributed by atoms with Gasteiger partial charge in [0.05, 0.1) is 22.6 Å². The first-order chi connectivity index (χ1) is 22.2. The number of fused-ring (bicyclic) bond motifs is 5. The maximum atomic E-state index is 6.12. The van der Waals surface area contributed by atoms with E-state index >= 15 is 0 Å². The Morgan fingerprint density at radius 3 is 2.18 bits per heavy atom. The van der Waals surface area contributed by atoms with Crippen LogP contribution in [0.25, 0.3) is 61.9 Å². The average molecular weight is 579 g/mol. The normalized spacial score (nSPS) is 18.8. The van der Waals surface area contributed by atoms with E-state index in [4.69, 9.17) is 17.6 Å². The Kier molecular flexibility index (Phi) is 5.63. The van der Waals surface area contributed by atoms with Crippen LogP contribution in [0.1, 0.15) is 0 Å². The summed E-state index contributed by atoms with van der Waals surface area (Å²) < 4.78 is 8.50. The van der Waals surface area contributed by atoms with Crippen LogP contribution < -0.4 is 15.5 Å². The summed E-state index contributed by atoms with van der Waals surface area (Å²) in [4.78, 5) is 2.45. The number of hydrogen-bond acceptors (Lipinski definition) is 2. The minimum atomic E-state index is 0.147. The number of hydrogen-bond donors (Lipinski definition) is 0. The van der Waals surface area contributed by atoms with Crippen LogP contribution in [0.4, 0.5) is 5.69 Å². The highest BCUT2D eigenvalue weighted by Crippen LogP contribution is 2.43. The SMILES string of the molecule is C=C1/C(=c2\c(=C)c3ccccc3n2-c2cccc(-c3ccc4oc5ccccc5c4c3)c2)N(c2ccccc2)C2C=CC=CC12. The second-order valence-corrected chi connectivity index (χ2v) is 11.9. The zero-order valence-corrected chi connectivity index (χ0v) is 24.7. The quantitative estimate of drug-likeness (QED) is 0.209. The van der Waals surface area contributed by atoms with E-state index in [9.17, 15) is 0 Å². The fraction of sp³-hybridized carbons (Fsp3) is 0.0476. The summed E-state index contributed by atoms with van der Waals surface area (Å²) >= 11 is 0. The van der Waals surface area contributed by atoms with Gasteiger partial charge in [0.1, 0.15) is 11.2 Å². The van der Waals surface area contributed by atoms with Gasteiger partial charge in [0, 0.05) is 38.7 Å². The van der Waals surface area contributed by atoms with Crippen LogP contribution >= 0.6 is 0 Å². The smallest absolute Gasteiger partial charge is 0.135 e. The van der Waals surface area contributed by atoms with Crippen molar-refractivity contribution < 1.29 is 4.42 Å². The lowest BCUT2D eigenvalue weighted by Crippen LogP contribution is -2.38. The molecular formula is C42H30N2O. The zero-order valence-electron chi connectivity index (χ0n) is 24.7. The highest BCUT2D eigenvalue weighted by molar-refractivity contribution is 6.06. The lowest BCUT2D eigenvalue weighted by Gasteiger charge is -2.28. The molecule has 0 saturated carbocycles. The number of allylic oxidation sites excluding steroid dienone is 2. The summed E-state index contributed by atoms with van der Waals surface area (Å²) in [5.41, 5.74) is 9.67. The van der Waals surface area contributed by atoms with Crippen molar-refractivity contribution in [3.63, 3.8) is 0 Å². The van der Waals surface area contributed by atoms with Crippen molar-refractivity contribution >= 4 is 50.8 Å². The molecule has 1 aliphatic heterocycles. The maximum Gasteiger partial charge on any atom is 0.135 e. The molecule has 1 fully saturated rings. The van der Waals surface area contributed by atoms with Crippen LogP contribution in [0.5, 0.6) is 0 Å². The molecule has 7 aromatic rings. The van der Waals surface area contributed by atoms with E-state index in [1.165, 1.54) is 0 Å². The largest absolute Gasteiger partial charge is 0.456 e. The summed E-state index contributed by atoms with van der Waals surface area (Å²) in [6.07, 6.45) is 8.87. The first-order valence-corrected chi connectivity index (χ1v) is 15.4. The molecule has 2 aromatic heterocycles. The number of aromatic nitrogens is 1. The molecule has 214 valence electrons. The van der Waals surface area contributed by atoms with Crippen molar-refractivity contribution in [2.45, 2.75) is 6.04 Å². The standard InChI is InChI=1S/C42H30N2O/c1-27-33-17-6-9-20-37(33)43(31-14-4-3-5-15-31)41(27)42-28(2)34-18-7-10-21-38(34)44(42)32-16-12-13-29(25-32)30-23-24-40-36(26-30)35-19-8-11-22-39(35)45-40/h3-26,33,37H,1-2H2/b42-41-. The molecule has 45 heavy (non-hydrogen) atoms. The van der Waals surface area contributed by atoms with Crippen LogP contribution in [0, 0.1) is 5.92 Å². The third kappa shape index (κ3) is 3.84. The minimum Gasteiger partial charge on any atom is -0.456 e. The topological polar surface area (TPSA) is 21.3 Å². The molecule has 1 aliphatic carbocycles. The molecule has 0 amide bonds. The number of rotatable bonds is 3. The fourth-order valence-corrected chi connectivity index (χ4v) is 7.34. The van der Waals surface area contributed by atoms with Gasteiger partial charge >= 0.3 is 0 Å². The van der Waals surface area contributed by atoms with Crippen molar-refractivity contribution in [2.75, 3.05) is 4.90 Å². The Hall–Kier alpha value is -5.80. The van der Waals surface area contributed by atoms with Crippen LogP contribution in [-0.4, -0.2) is 10.6 Å². The Morgan fingerprint density at radius 2 is 1.29 bits per heavy atom. The number of anilines is 1. The molecule has 3 heterocycles. The molecule has 2 unspecified atom stereocenters. The molecule has 9 rings (SSSR count). The van der Waals surface area contributed by atoms with Crippen LogP contribution in [0.15, 0.2) is 162 Å². The van der Waals surface area contributed by atoms with Gasteiger partial charge in [-0.05, 0) is 65.2 Å². The van der Waals surface area contributed by atoms with Gasteiger partial charge in [-0.3, -0.25) is 0 Å². The van der Waals surface area contributed by atoms with Gasteiger partial charge in [-0.25, -0.2) is 0 Å². The van der Waals surface area contributed by atoms with E-state index in [1.807, 2.05) is 12.1 Å². The van der Waals surface area contributed by atoms with Gasteiger partial charge in [-0.2, -0.15) is 0 Å². The molecule has 2 aliphatic rings. The Morgan fingerprint density at radius 1 is 0.578 bits per heavy atom. The summed E-state index contributed by atoms with van der Waals surface area (Å²) in [7, 11) is 0. The number of para-hydroxylation sites is 3. The number of furan rings is 1. The van der Waals surface area contributed by atoms with Gasteiger partial charge in [0.2, 0.25) is 0 Å². The Balaban J connectivity index is 1.32. The summed E-state index contributed by atoms with van der Waals surface area (Å²) in [5.74, 6) is 0.180. The van der Waals surface area contributed by atoms with Crippen molar-refractivity contribution in [2.24, 2.45) is 5.92 Å². The molecule has 0 spiro atoms. The predicted molar refractivity (Wildman–Crippen MR) is 188 cm³/mol. The molecule has 3 heteroatoms. The van der Waals surface area contributed by atoms with Crippen LogP contribution in [-0.2, 0) is 0 Å². The van der Waals surface area contributed by atoms with E-state index in [2.05, 4.69) is 143 Å². The summed E-state index contributed by atoms with van der Waals surface area (Å²) in [6.45, 7) is 9.42. The molecule has 0 bridgehead atoms. The molecule has 0 radical (unpaired) electrons. The first-order valence-electron chi connectivity index (χ1n) is 15.4. The van der Waals surface area contributed by atoms with E-state index in [0.717, 1.165) is 77.2 Å². The maximum absolute atomic E-state index is 6.12. The second kappa shape index (κ2) is 9.87. The van der Waals surface area contributed by atoms with Gasteiger partial charge in [-0.15, -0.1) is 0 Å². The molecule has 1 saturated heterocycles. The zero-order chi connectivity index (χ0) is 30.1. The highest BCUT2D eigenvalue weighted by Gasteiger charge is 2.40. The number of nitrogens with zero attached hydrogens (tertiary/aromatic N) is 2. The summed E-state index contributed by atoms with van der Waals surface area (Å²) in [5, 5.41) is 5.48. The Labute approximate surface area is 261 Å². The monoisotopic (exact) mass is 578 g/mol.